The molecule has 1 aromatic heterocycles. The van der Waals surface area contributed by atoms with E-state index in [9.17, 15) is 10.1 Å². The van der Waals surface area contributed by atoms with Gasteiger partial charge in [0.05, 0.1) is 5.92 Å². The van der Waals surface area contributed by atoms with E-state index in [0.29, 0.717) is 22.8 Å². The molecule has 150 valence electrons. The van der Waals surface area contributed by atoms with Gasteiger partial charge in [-0.05, 0) is 42.1 Å². The second-order valence-electron chi connectivity index (χ2n) is 6.72. The molecule has 0 saturated heterocycles. The Morgan fingerprint density at radius 1 is 1.20 bits per heavy atom. The highest BCUT2D eigenvalue weighted by Crippen LogP contribution is 2.44. The number of hydrogen-bond acceptors (Lipinski definition) is 7. The molecule has 3 aromatic rings. The largest absolute Gasteiger partial charge is 0.482 e. The highest BCUT2D eigenvalue weighted by atomic mass is 32.1. The third kappa shape index (κ3) is 4.00. The molecular formula is C23H18N2O4S. The third-order valence-electron chi connectivity index (χ3n) is 4.60. The normalized spacial score (nSPS) is 15.0. The number of allylic oxidation sites excluding steroid dienone is 1. The number of carbonyl (C=O) groups excluding carboxylic acids is 1. The number of esters is 1. The average Bonchev–Trinajstić information content (AvgIpc) is 3.25. The van der Waals surface area contributed by atoms with Gasteiger partial charge < -0.3 is 19.9 Å². The minimum Gasteiger partial charge on any atom is -0.482 e. The number of carbonyl (C=O) groups is 1. The molecular weight excluding hydrogens is 400 g/mol. The van der Waals surface area contributed by atoms with E-state index in [0.717, 1.165) is 16.0 Å². The summed E-state index contributed by atoms with van der Waals surface area (Å²) in [5.74, 6) is 0.562. The molecule has 2 heterocycles. The predicted molar refractivity (Wildman–Crippen MR) is 112 cm³/mol. The first-order valence-corrected chi connectivity index (χ1v) is 10.1. The van der Waals surface area contributed by atoms with Crippen LogP contribution in [0.15, 0.2) is 71.4 Å². The van der Waals surface area contributed by atoms with E-state index in [2.05, 4.69) is 6.07 Å². The van der Waals surface area contributed by atoms with Gasteiger partial charge in [-0.1, -0.05) is 24.3 Å². The van der Waals surface area contributed by atoms with Crippen molar-refractivity contribution in [2.24, 2.45) is 5.73 Å². The summed E-state index contributed by atoms with van der Waals surface area (Å²) in [7, 11) is 0. The highest BCUT2D eigenvalue weighted by molar-refractivity contribution is 7.10. The summed E-state index contributed by atoms with van der Waals surface area (Å²) in [6, 6.07) is 18.5. The lowest BCUT2D eigenvalue weighted by Gasteiger charge is -2.25. The minimum atomic E-state index is -0.539. The molecule has 0 aliphatic carbocycles. The second kappa shape index (κ2) is 8.31. The Kier molecular flexibility index (Phi) is 5.42. The van der Waals surface area contributed by atoms with Crippen molar-refractivity contribution in [3.8, 4) is 23.3 Å². The van der Waals surface area contributed by atoms with Gasteiger partial charge in [-0.2, -0.15) is 5.26 Å². The number of aryl methyl sites for hydroxylation is 1. The van der Waals surface area contributed by atoms with Crippen molar-refractivity contribution in [1.82, 2.24) is 0 Å². The number of ether oxygens (including phenoxy) is 3. The zero-order chi connectivity index (χ0) is 21.1. The fraction of sp³-hybridized carbons (Fsp3) is 0.130. The first-order chi connectivity index (χ1) is 14.5. The molecule has 0 saturated carbocycles. The van der Waals surface area contributed by atoms with Gasteiger partial charge in [-0.3, -0.25) is 0 Å². The van der Waals surface area contributed by atoms with Gasteiger partial charge in [-0.15, -0.1) is 11.3 Å². The van der Waals surface area contributed by atoms with Crippen LogP contribution in [0.2, 0.25) is 0 Å². The summed E-state index contributed by atoms with van der Waals surface area (Å²) in [5.41, 5.74) is 8.18. The van der Waals surface area contributed by atoms with E-state index < -0.39 is 5.97 Å². The third-order valence-corrected chi connectivity index (χ3v) is 5.53. The van der Waals surface area contributed by atoms with Crippen LogP contribution in [0, 0.1) is 18.3 Å². The van der Waals surface area contributed by atoms with E-state index in [4.69, 9.17) is 19.9 Å². The zero-order valence-corrected chi connectivity index (χ0v) is 16.9. The Labute approximate surface area is 177 Å². The number of benzene rings is 2. The number of rotatable bonds is 5. The monoisotopic (exact) mass is 418 g/mol. The molecule has 0 fully saturated rings. The Balaban J connectivity index is 1.51. The van der Waals surface area contributed by atoms with Crippen molar-refractivity contribution in [2.45, 2.75) is 12.8 Å². The molecule has 1 unspecified atom stereocenters. The number of nitrogens with two attached hydrogens (primary N) is 1. The minimum absolute atomic E-state index is 0.0506. The molecule has 0 amide bonds. The highest BCUT2D eigenvalue weighted by Gasteiger charge is 2.31. The lowest BCUT2D eigenvalue weighted by molar-refractivity contribution is -0.136. The number of thiophene rings is 1. The van der Waals surface area contributed by atoms with E-state index in [-0.39, 0.29) is 18.4 Å². The molecule has 7 heteroatoms. The maximum absolute atomic E-state index is 12.2. The molecule has 0 radical (unpaired) electrons. The first-order valence-electron chi connectivity index (χ1n) is 9.20. The molecule has 0 spiro atoms. The van der Waals surface area contributed by atoms with Crippen molar-refractivity contribution >= 4 is 17.3 Å². The SMILES string of the molecule is Cc1cccc(OCC(=O)Oc2ccc3c(c2)OC(N)=C(C#N)C3c2cccs2)c1. The van der Waals surface area contributed by atoms with Crippen molar-refractivity contribution in [2.75, 3.05) is 6.61 Å². The Bertz CT molecular complexity index is 1160. The number of nitriles is 1. The molecule has 0 bridgehead atoms. The van der Waals surface area contributed by atoms with E-state index in [1.807, 2.05) is 42.6 Å². The van der Waals surface area contributed by atoms with Gasteiger partial charge in [0.1, 0.15) is 28.9 Å². The Morgan fingerprint density at radius 3 is 2.80 bits per heavy atom. The number of hydrogen-bond donors (Lipinski definition) is 1. The fourth-order valence-electron chi connectivity index (χ4n) is 3.26. The molecule has 30 heavy (non-hydrogen) atoms. The quantitative estimate of drug-likeness (QED) is 0.491. The van der Waals surface area contributed by atoms with Gasteiger partial charge in [0.2, 0.25) is 5.88 Å². The van der Waals surface area contributed by atoms with Crippen molar-refractivity contribution in [3.05, 3.63) is 87.4 Å². The van der Waals surface area contributed by atoms with Crippen LogP contribution in [0.4, 0.5) is 0 Å². The summed E-state index contributed by atoms with van der Waals surface area (Å²) in [6.07, 6.45) is 0. The fourth-order valence-corrected chi connectivity index (χ4v) is 4.11. The zero-order valence-electron chi connectivity index (χ0n) is 16.1. The smallest absolute Gasteiger partial charge is 0.349 e. The molecule has 4 rings (SSSR count). The summed E-state index contributed by atoms with van der Waals surface area (Å²) in [4.78, 5) is 13.2. The molecule has 1 atom stereocenters. The molecule has 6 nitrogen and oxygen atoms in total. The maximum Gasteiger partial charge on any atom is 0.349 e. The summed E-state index contributed by atoms with van der Waals surface area (Å²) >= 11 is 1.54. The number of fused-ring (bicyclic) bond motifs is 1. The van der Waals surface area contributed by atoms with E-state index in [1.165, 1.54) is 11.3 Å². The average molecular weight is 418 g/mol. The number of nitrogens with zero attached hydrogens (tertiary/aromatic N) is 1. The van der Waals surface area contributed by atoms with Crippen molar-refractivity contribution in [1.29, 1.82) is 5.26 Å². The van der Waals surface area contributed by atoms with Crippen LogP contribution in [0.1, 0.15) is 21.9 Å². The van der Waals surface area contributed by atoms with Gasteiger partial charge >= 0.3 is 5.97 Å². The van der Waals surface area contributed by atoms with Crippen LogP contribution in [0.3, 0.4) is 0 Å². The standard InChI is InChI=1S/C23H18N2O4S/c1-14-4-2-5-15(10-14)27-13-21(26)28-16-7-8-17-19(11-16)29-23(25)18(12-24)22(17)20-6-3-9-30-20/h2-11,22H,13,25H2,1H3. The van der Waals surface area contributed by atoms with Gasteiger partial charge in [-0.25, -0.2) is 4.79 Å². The summed E-state index contributed by atoms with van der Waals surface area (Å²) in [5, 5.41) is 11.5. The molecule has 1 aliphatic rings. The van der Waals surface area contributed by atoms with E-state index >= 15 is 0 Å². The summed E-state index contributed by atoms with van der Waals surface area (Å²) in [6.45, 7) is 1.72. The lowest BCUT2D eigenvalue weighted by atomic mass is 9.88. The van der Waals surface area contributed by atoms with Crippen LogP contribution in [0.5, 0.6) is 17.2 Å². The van der Waals surface area contributed by atoms with Crippen molar-refractivity contribution in [3.63, 3.8) is 0 Å². The Hall–Kier alpha value is -3.76. The van der Waals surface area contributed by atoms with Gasteiger partial charge in [0, 0.05) is 16.5 Å². The topological polar surface area (TPSA) is 94.6 Å². The van der Waals surface area contributed by atoms with Crippen LogP contribution >= 0.6 is 11.3 Å². The predicted octanol–water partition coefficient (Wildman–Crippen LogP) is 4.26. The van der Waals surface area contributed by atoms with E-state index in [1.54, 1.807) is 24.3 Å². The Morgan fingerprint density at radius 2 is 2.07 bits per heavy atom. The molecule has 1 aliphatic heterocycles. The van der Waals surface area contributed by atoms with Crippen LogP contribution in [0.25, 0.3) is 0 Å². The van der Waals surface area contributed by atoms with Crippen LogP contribution < -0.4 is 19.9 Å². The first kappa shape index (κ1) is 19.6. The summed E-state index contributed by atoms with van der Waals surface area (Å²) < 4.78 is 16.5. The lowest BCUT2D eigenvalue weighted by Crippen LogP contribution is -2.21. The van der Waals surface area contributed by atoms with Crippen molar-refractivity contribution < 1.29 is 19.0 Å². The van der Waals surface area contributed by atoms with Crippen LogP contribution in [-0.4, -0.2) is 12.6 Å². The molecule has 2 aromatic carbocycles. The van der Waals surface area contributed by atoms with Gasteiger partial charge in [0.25, 0.3) is 0 Å². The van der Waals surface area contributed by atoms with Crippen LogP contribution in [-0.2, 0) is 4.79 Å². The van der Waals surface area contributed by atoms with Gasteiger partial charge in [0.15, 0.2) is 6.61 Å². The molecule has 2 N–H and O–H groups in total. The maximum atomic E-state index is 12.2. The second-order valence-corrected chi connectivity index (χ2v) is 7.70.